The van der Waals surface area contributed by atoms with Gasteiger partial charge in [0.2, 0.25) is 17.7 Å². The van der Waals surface area contributed by atoms with Crippen LogP contribution in [0.3, 0.4) is 0 Å². The molecule has 506 valence electrons. The minimum absolute atomic E-state index is 0.0339. The number of carboxylic acids is 1. The largest absolute Gasteiger partial charge is 0.480 e. The van der Waals surface area contributed by atoms with Crippen LogP contribution < -0.4 is 16.1 Å². The number of nitrogens with zero attached hydrogens (tertiary/aromatic N) is 6. The molecule has 0 aromatic heterocycles. The SMILES string of the molecule is CC(C)(C)OC(=O)N[C@H](C(=O)N1CC[C@@H]2[C@H]1CCN2C(=O)OCc1ccccc1)C1CCCCC1.CC(NN(C)C(=O)OC(C)(C)C)C(=O)O.C[C@@H](C(=O)N[C@H](C(=O)N1CC[C@@H]2[C@H]1CCN2C(=O)OCc1ccccc1)C1CCCCC1)N(C)C(=O)OC(C)(C)C. The Morgan fingerprint density at radius 2 is 0.868 bits per heavy atom. The van der Waals surface area contributed by atoms with Crippen molar-refractivity contribution in [3.63, 3.8) is 0 Å². The van der Waals surface area contributed by atoms with Crippen LogP contribution in [0, 0.1) is 11.8 Å². The van der Waals surface area contributed by atoms with Gasteiger partial charge in [0, 0.05) is 40.3 Å². The Kier molecular flexibility index (Phi) is 26.2. The highest BCUT2D eigenvalue weighted by Crippen LogP contribution is 2.37. The summed E-state index contributed by atoms with van der Waals surface area (Å²) < 4.78 is 27.1. The van der Waals surface area contributed by atoms with E-state index in [-0.39, 0.29) is 79.1 Å². The van der Waals surface area contributed by atoms with E-state index in [2.05, 4.69) is 16.1 Å². The van der Waals surface area contributed by atoms with Crippen molar-refractivity contribution in [3.8, 4) is 0 Å². The molecule has 6 fully saturated rings. The maximum Gasteiger partial charge on any atom is 0.424 e. The molecule has 2 aromatic carbocycles. The van der Waals surface area contributed by atoms with Gasteiger partial charge in [0.05, 0.1) is 24.2 Å². The zero-order valence-corrected chi connectivity index (χ0v) is 56.0. The lowest BCUT2D eigenvalue weighted by Gasteiger charge is -2.36. The number of carbonyl (C=O) groups excluding carboxylic acids is 8. The standard InChI is InChI=1S/C31H46N4O6.C27H39N3O5.C9H18N2O4/c1-21(33(5)29(38)41-31(2,3)4)27(36)32-26(23-14-10-7-11-15-23)28(37)34-18-16-25-24(34)17-19-35(25)30(39)40-20-22-12-8-6-9-13-22;1-27(2,3)35-25(32)28-23(20-12-8-5-9-13-20)24(31)29-16-14-22-21(29)15-17-30(22)26(33)34-18-19-10-6-4-7-11-19;1-6(7(12)13)10-11(5)8(14)15-9(2,3)4/h6,8-9,12-13,21,23-26H,7,10-11,14-20H2,1-5H3,(H,32,36);4,6-7,10-11,20-23H,5,8-9,12-18H2,1-3H3,(H,28,32);6,10H,1-5H3,(H,12,13)/t21-,24+,25+,26-;21-,22-,23+;/m01./s1. The van der Waals surface area contributed by atoms with Crippen molar-refractivity contribution in [2.24, 2.45) is 11.8 Å². The van der Waals surface area contributed by atoms with Crippen LogP contribution in [-0.4, -0.2) is 194 Å². The molecule has 8 amide bonds. The zero-order chi connectivity index (χ0) is 67.0. The highest BCUT2D eigenvalue weighted by molar-refractivity contribution is 5.92. The fraction of sp³-hybridized carbons (Fsp3) is 0.687. The molecular weight excluding hydrogens is 1170 g/mol. The van der Waals surface area contributed by atoms with Gasteiger partial charge in [-0.25, -0.2) is 34.4 Å². The van der Waals surface area contributed by atoms with E-state index in [1.807, 2.05) is 91.2 Å². The molecule has 2 saturated carbocycles. The van der Waals surface area contributed by atoms with Crippen molar-refractivity contribution in [1.82, 2.24) is 45.6 Å². The molecule has 8 atom stereocenters. The van der Waals surface area contributed by atoms with Crippen LogP contribution in [0.25, 0.3) is 0 Å². The van der Waals surface area contributed by atoms with Crippen LogP contribution in [0.1, 0.15) is 177 Å². The topological polar surface area (TPSA) is 276 Å². The monoisotopic (exact) mass is 1270 g/mol. The van der Waals surface area contributed by atoms with Crippen molar-refractivity contribution in [3.05, 3.63) is 71.8 Å². The van der Waals surface area contributed by atoms with E-state index in [4.69, 9.17) is 28.8 Å². The average Bonchev–Trinajstić information content (AvgIpc) is 1.67. The molecule has 2 aromatic rings. The minimum atomic E-state index is -1.04. The Hall–Kier alpha value is -7.37. The fourth-order valence-electron chi connectivity index (χ4n) is 12.7. The summed E-state index contributed by atoms with van der Waals surface area (Å²) in [6.07, 6.45) is 10.4. The second-order valence-electron chi connectivity index (χ2n) is 27.9. The first kappa shape index (κ1) is 72.7. The van der Waals surface area contributed by atoms with Crippen LogP contribution in [-0.2, 0) is 56.1 Å². The molecule has 24 heteroatoms. The van der Waals surface area contributed by atoms with Crippen molar-refractivity contribution in [1.29, 1.82) is 0 Å². The third kappa shape index (κ3) is 21.6. The van der Waals surface area contributed by atoms with Gasteiger partial charge in [-0.1, -0.05) is 99.2 Å². The molecule has 91 heavy (non-hydrogen) atoms. The highest BCUT2D eigenvalue weighted by Gasteiger charge is 2.51. The van der Waals surface area contributed by atoms with Gasteiger partial charge in [-0.05, 0) is 150 Å². The van der Waals surface area contributed by atoms with Gasteiger partial charge in [0.1, 0.15) is 54.2 Å². The van der Waals surface area contributed by atoms with Crippen LogP contribution in [0.4, 0.5) is 24.0 Å². The third-order valence-electron chi connectivity index (χ3n) is 17.4. The lowest BCUT2D eigenvalue weighted by Crippen LogP contribution is -2.57. The van der Waals surface area contributed by atoms with E-state index < -0.39 is 65.2 Å². The molecule has 6 aliphatic rings. The second-order valence-corrected chi connectivity index (χ2v) is 27.9. The number of rotatable bonds is 15. The number of aliphatic carboxylic acids is 1. The molecule has 2 aliphatic carbocycles. The van der Waals surface area contributed by atoms with Crippen LogP contribution in [0.2, 0.25) is 0 Å². The van der Waals surface area contributed by atoms with E-state index >= 15 is 0 Å². The van der Waals surface area contributed by atoms with Crippen molar-refractivity contribution >= 4 is 54.2 Å². The number of hydrazine groups is 1. The average molecular weight is 1270 g/mol. The number of hydrogen-bond donors (Lipinski definition) is 4. The van der Waals surface area contributed by atoms with E-state index in [0.29, 0.717) is 39.0 Å². The van der Waals surface area contributed by atoms with Gasteiger partial charge in [-0.3, -0.25) is 24.1 Å². The zero-order valence-electron chi connectivity index (χ0n) is 56.0. The lowest BCUT2D eigenvalue weighted by atomic mass is 9.83. The number of nitrogens with one attached hydrogen (secondary N) is 3. The predicted octanol–water partition coefficient (Wildman–Crippen LogP) is 9.62. The number of alkyl carbamates (subject to hydrolysis) is 1. The Balaban J connectivity index is 0.000000239. The fourth-order valence-corrected chi connectivity index (χ4v) is 12.7. The highest BCUT2D eigenvalue weighted by atomic mass is 16.6. The Bertz CT molecular complexity index is 2760. The number of carbonyl (C=O) groups is 9. The summed E-state index contributed by atoms with van der Waals surface area (Å²) in [6, 6.07) is 16.0. The number of benzene rings is 2. The molecule has 4 aliphatic heterocycles. The van der Waals surface area contributed by atoms with E-state index in [9.17, 15) is 43.2 Å². The Labute approximate surface area is 538 Å². The summed E-state index contributed by atoms with van der Waals surface area (Å²) in [5, 5.41) is 15.6. The van der Waals surface area contributed by atoms with Gasteiger partial charge < -0.3 is 59.0 Å². The number of likely N-dealkylation sites (N-methyl/N-ethyl adjacent to an activating group) is 1. The number of carboxylic acid groups (broad SMARTS) is 1. The normalized spacial score (nSPS) is 21.3. The molecule has 0 spiro atoms. The molecular formula is C67H103N9O15. The van der Waals surface area contributed by atoms with Crippen LogP contribution in [0.5, 0.6) is 0 Å². The van der Waals surface area contributed by atoms with Gasteiger partial charge in [0.25, 0.3) is 0 Å². The van der Waals surface area contributed by atoms with E-state index in [1.165, 1.54) is 25.9 Å². The lowest BCUT2D eigenvalue weighted by molar-refractivity contribution is -0.140. The Morgan fingerprint density at radius 1 is 0.505 bits per heavy atom. The van der Waals surface area contributed by atoms with E-state index in [0.717, 1.165) is 93.2 Å². The van der Waals surface area contributed by atoms with Crippen LogP contribution in [0.15, 0.2) is 60.7 Å². The summed E-state index contributed by atoms with van der Waals surface area (Å²) in [4.78, 5) is 123. The molecule has 0 radical (unpaired) electrons. The maximum absolute atomic E-state index is 14.1. The van der Waals surface area contributed by atoms with Crippen molar-refractivity contribution in [2.45, 2.75) is 244 Å². The smallest absolute Gasteiger partial charge is 0.424 e. The Morgan fingerprint density at radius 3 is 1.25 bits per heavy atom. The first-order valence-corrected chi connectivity index (χ1v) is 32.6. The summed E-state index contributed by atoms with van der Waals surface area (Å²) in [7, 11) is 2.94. The summed E-state index contributed by atoms with van der Waals surface area (Å²) in [5.41, 5.74) is 2.43. The number of fused-ring (bicyclic) bond motifs is 2. The summed E-state index contributed by atoms with van der Waals surface area (Å²) in [5.74, 6) is -1.41. The van der Waals surface area contributed by atoms with Gasteiger partial charge in [-0.15, -0.1) is 0 Å². The summed E-state index contributed by atoms with van der Waals surface area (Å²) >= 11 is 0. The van der Waals surface area contributed by atoms with Gasteiger partial charge in [0.15, 0.2) is 0 Å². The molecule has 0 bridgehead atoms. The van der Waals surface area contributed by atoms with Crippen molar-refractivity contribution in [2.75, 3.05) is 40.3 Å². The van der Waals surface area contributed by atoms with Crippen LogP contribution >= 0.6 is 0 Å². The first-order valence-electron chi connectivity index (χ1n) is 32.6. The second kappa shape index (κ2) is 32.8. The molecule has 4 N–H and O–H groups in total. The number of amides is 8. The number of likely N-dealkylation sites (tertiary alicyclic amines) is 4. The summed E-state index contributed by atoms with van der Waals surface area (Å²) in [6.45, 7) is 21.7. The predicted molar refractivity (Wildman–Crippen MR) is 340 cm³/mol. The molecule has 24 nitrogen and oxygen atoms in total. The van der Waals surface area contributed by atoms with Gasteiger partial charge in [-0.2, -0.15) is 0 Å². The quantitative estimate of drug-likeness (QED) is 0.0954. The van der Waals surface area contributed by atoms with E-state index in [1.54, 1.807) is 58.3 Å². The van der Waals surface area contributed by atoms with Crippen molar-refractivity contribution < 1.29 is 71.9 Å². The number of ether oxygens (including phenoxy) is 5. The molecule has 4 heterocycles. The molecule has 4 saturated heterocycles. The third-order valence-corrected chi connectivity index (χ3v) is 17.4. The maximum atomic E-state index is 14.1. The first-order chi connectivity index (χ1) is 42.8. The molecule has 8 rings (SSSR count). The van der Waals surface area contributed by atoms with Gasteiger partial charge >= 0.3 is 36.4 Å². The number of hydrogen-bond acceptors (Lipinski definition) is 15. The minimum Gasteiger partial charge on any atom is -0.480 e. The molecule has 1 unspecified atom stereocenters.